The molecule has 0 saturated carbocycles. The number of nitrogens with zero attached hydrogens (tertiary/aromatic N) is 2. The highest BCUT2D eigenvalue weighted by atomic mass is 15.1. The molecule has 1 aromatic carbocycles. The molecule has 0 radical (unpaired) electrons. The van der Waals surface area contributed by atoms with Crippen LogP contribution in [0.2, 0.25) is 0 Å². The van der Waals surface area contributed by atoms with Gasteiger partial charge in [-0.1, -0.05) is 6.07 Å². The van der Waals surface area contributed by atoms with Gasteiger partial charge in [0, 0.05) is 30.3 Å². The summed E-state index contributed by atoms with van der Waals surface area (Å²) in [6.45, 7) is 1.08. The molecule has 0 aliphatic carbocycles. The number of fused-ring (bicyclic) bond motifs is 2. The number of rotatable bonds is 2. The van der Waals surface area contributed by atoms with Gasteiger partial charge in [-0.25, -0.2) is 4.98 Å². The van der Waals surface area contributed by atoms with Crippen molar-refractivity contribution in [3.63, 3.8) is 0 Å². The van der Waals surface area contributed by atoms with Crippen LogP contribution >= 0.6 is 0 Å². The molecule has 0 fully saturated rings. The summed E-state index contributed by atoms with van der Waals surface area (Å²) in [5.41, 5.74) is 4.73. The predicted octanol–water partition coefficient (Wildman–Crippen LogP) is 3.44. The lowest BCUT2D eigenvalue weighted by Crippen LogP contribution is -2.11. The summed E-state index contributed by atoms with van der Waals surface area (Å²) in [5.74, 6) is 1.03. The molecule has 4 heteroatoms. The van der Waals surface area contributed by atoms with Gasteiger partial charge in [0.2, 0.25) is 0 Å². The van der Waals surface area contributed by atoms with Crippen LogP contribution in [0.1, 0.15) is 12.0 Å². The molecule has 0 saturated heterocycles. The molecule has 1 aliphatic heterocycles. The van der Waals surface area contributed by atoms with Crippen LogP contribution in [0.15, 0.2) is 48.8 Å². The molecule has 2 aromatic heterocycles. The van der Waals surface area contributed by atoms with Gasteiger partial charge in [-0.3, -0.25) is 4.40 Å². The second-order valence-electron chi connectivity index (χ2n) is 5.09. The lowest BCUT2D eigenvalue weighted by atomic mass is 10.0. The van der Waals surface area contributed by atoms with Crippen LogP contribution in [0.4, 0.5) is 17.2 Å². The molecule has 4 rings (SSSR count). The van der Waals surface area contributed by atoms with E-state index >= 15 is 0 Å². The number of anilines is 3. The fraction of sp³-hybridized carbons (Fsp3) is 0.188. The zero-order valence-electron chi connectivity index (χ0n) is 11.1. The summed E-state index contributed by atoms with van der Waals surface area (Å²) in [4.78, 5) is 4.30. The summed E-state index contributed by atoms with van der Waals surface area (Å²) in [5, 5.41) is 6.91. The van der Waals surface area contributed by atoms with E-state index < -0.39 is 0 Å². The minimum Gasteiger partial charge on any atom is -0.385 e. The maximum Gasteiger partial charge on any atom is 0.138 e. The number of benzene rings is 1. The van der Waals surface area contributed by atoms with E-state index in [2.05, 4.69) is 44.3 Å². The number of hydrogen-bond donors (Lipinski definition) is 2. The quantitative estimate of drug-likeness (QED) is 0.745. The minimum absolute atomic E-state index is 0.953. The molecule has 0 spiro atoms. The summed E-state index contributed by atoms with van der Waals surface area (Å²) in [6, 6.07) is 12.6. The number of nitrogens with one attached hydrogen (secondary N) is 2. The number of imidazole rings is 1. The molecule has 4 nitrogen and oxygen atoms in total. The van der Waals surface area contributed by atoms with E-state index in [9.17, 15) is 0 Å². The smallest absolute Gasteiger partial charge is 0.138 e. The number of aromatic nitrogens is 2. The highest BCUT2D eigenvalue weighted by Crippen LogP contribution is 2.27. The van der Waals surface area contributed by atoms with Gasteiger partial charge >= 0.3 is 0 Å². The maximum atomic E-state index is 4.30. The first-order valence-electron chi connectivity index (χ1n) is 6.96. The van der Waals surface area contributed by atoms with Gasteiger partial charge in [-0.15, -0.1) is 0 Å². The van der Waals surface area contributed by atoms with Crippen LogP contribution in [-0.4, -0.2) is 15.9 Å². The lowest BCUT2D eigenvalue weighted by molar-refractivity contribution is 0.830. The molecule has 20 heavy (non-hydrogen) atoms. The van der Waals surface area contributed by atoms with Crippen molar-refractivity contribution in [1.29, 1.82) is 0 Å². The SMILES string of the molecule is c1cc(Nc2ccc3c(c2)CCCN3)n2ccnc2c1. The van der Waals surface area contributed by atoms with E-state index in [1.165, 1.54) is 17.7 Å². The predicted molar refractivity (Wildman–Crippen MR) is 81.7 cm³/mol. The fourth-order valence-electron chi connectivity index (χ4n) is 2.75. The van der Waals surface area contributed by atoms with Crippen molar-refractivity contribution in [2.45, 2.75) is 12.8 Å². The topological polar surface area (TPSA) is 41.4 Å². The third-order valence-electron chi connectivity index (χ3n) is 3.74. The Labute approximate surface area is 117 Å². The van der Waals surface area contributed by atoms with Gasteiger partial charge in [0.25, 0.3) is 0 Å². The molecular formula is C16H16N4. The van der Waals surface area contributed by atoms with Gasteiger partial charge in [0.05, 0.1) is 0 Å². The second kappa shape index (κ2) is 4.56. The van der Waals surface area contributed by atoms with Crippen LogP contribution in [-0.2, 0) is 6.42 Å². The first kappa shape index (κ1) is 11.3. The highest BCUT2D eigenvalue weighted by Gasteiger charge is 2.09. The van der Waals surface area contributed by atoms with Crippen LogP contribution in [0.25, 0.3) is 5.65 Å². The van der Waals surface area contributed by atoms with Gasteiger partial charge in [-0.05, 0) is 48.7 Å². The molecule has 0 amide bonds. The second-order valence-corrected chi connectivity index (χ2v) is 5.09. The van der Waals surface area contributed by atoms with Gasteiger partial charge in [-0.2, -0.15) is 0 Å². The largest absolute Gasteiger partial charge is 0.385 e. The van der Waals surface area contributed by atoms with Crippen molar-refractivity contribution in [3.8, 4) is 0 Å². The van der Waals surface area contributed by atoms with E-state index in [1.807, 2.05) is 24.5 Å². The summed E-state index contributed by atoms with van der Waals surface area (Å²) in [6.07, 6.45) is 6.13. The summed E-state index contributed by atoms with van der Waals surface area (Å²) >= 11 is 0. The molecule has 0 unspecified atom stereocenters. The normalized spacial score (nSPS) is 13.8. The van der Waals surface area contributed by atoms with Crippen molar-refractivity contribution < 1.29 is 0 Å². The number of aryl methyl sites for hydroxylation is 1. The van der Waals surface area contributed by atoms with Crippen LogP contribution < -0.4 is 10.6 Å². The Kier molecular flexibility index (Phi) is 2.59. The third kappa shape index (κ3) is 1.90. The molecule has 0 atom stereocenters. The minimum atomic E-state index is 0.953. The average Bonchev–Trinajstić information content (AvgIpc) is 2.97. The zero-order valence-corrected chi connectivity index (χ0v) is 11.1. The number of pyridine rings is 1. The Hall–Kier alpha value is -2.49. The Morgan fingerprint density at radius 2 is 2.20 bits per heavy atom. The van der Waals surface area contributed by atoms with Gasteiger partial charge < -0.3 is 10.6 Å². The Morgan fingerprint density at radius 1 is 1.20 bits per heavy atom. The molecule has 3 heterocycles. The first-order chi connectivity index (χ1) is 9.90. The standard InChI is InChI=1S/C16H16N4/c1-4-15-18-9-10-20(15)16(5-1)19-13-6-7-14-12(11-13)3-2-8-17-14/h1,4-7,9-11,17,19H,2-3,8H2. The Bertz CT molecular complexity index is 760. The van der Waals surface area contributed by atoms with E-state index in [4.69, 9.17) is 0 Å². The average molecular weight is 264 g/mol. The van der Waals surface area contributed by atoms with Crippen molar-refractivity contribution in [2.24, 2.45) is 0 Å². The summed E-state index contributed by atoms with van der Waals surface area (Å²) < 4.78 is 2.05. The third-order valence-corrected chi connectivity index (χ3v) is 3.74. The fourth-order valence-corrected chi connectivity index (χ4v) is 2.75. The molecule has 3 aromatic rings. The van der Waals surface area contributed by atoms with Crippen molar-refractivity contribution in [1.82, 2.24) is 9.38 Å². The van der Waals surface area contributed by atoms with Crippen LogP contribution in [0.5, 0.6) is 0 Å². The lowest BCUT2D eigenvalue weighted by Gasteiger charge is -2.19. The van der Waals surface area contributed by atoms with E-state index in [1.54, 1.807) is 0 Å². The maximum absolute atomic E-state index is 4.30. The summed E-state index contributed by atoms with van der Waals surface area (Å²) in [7, 11) is 0. The molecule has 1 aliphatic rings. The first-order valence-corrected chi connectivity index (χ1v) is 6.96. The van der Waals surface area contributed by atoms with Crippen molar-refractivity contribution >= 4 is 22.8 Å². The van der Waals surface area contributed by atoms with Crippen LogP contribution in [0, 0.1) is 0 Å². The number of hydrogen-bond acceptors (Lipinski definition) is 3. The molecule has 100 valence electrons. The van der Waals surface area contributed by atoms with Gasteiger partial charge in [0.1, 0.15) is 11.5 Å². The van der Waals surface area contributed by atoms with Crippen LogP contribution in [0.3, 0.4) is 0 Å². The van der Waals surface area contributed by atoms with E-state index in [0.29, 0.717) is 0 Å². The van der Waals surface area contributed by atoms with Crippen molar-refractivity contribution in [3.05, 3.63) is 54.4 Å². The van der Waals surface area contributed by atoms with E-state index in [0.717, 1.165) is 30.1 Å². The van der Waals surface area contributed by atoms with Crippen molar-refractivity contribution in [2.75, 3.05) is 17.2 Å². The Balaban J connectivity index is 1.70. The Morgan fingerprint density at radius 3 is 3.20 bits per heavy atom. The van der Waals surface area contributed by atoms with Gasteiger partial charge in [0.15, 0.2) is 0 Å². The molecule has 2 N–H and O–H groups in total. The molecule has 0 bridgehead atoms. The highest BCUT2D eigenvalue weighted by molar-refractivity contribution is 5.66. The molecular weight excluding hydrogens is 248 g/mol. The monoisotopic (exact) mass is 264 g/mol. The van der Waals surface area contributed by atoms with E-state index in [-0.39, 0.29) is 0 Å². The zero-order chi connectivity index (χ0) is 13.4.